The molecule has 4 rings (SSSR count). The minimum Gasteiger partial charge on any atom is -0.376 e. The van der Waals surface area contributed by atoms with E-state index in [4.69, 9.17) is 11.6 Å². The van der Waals surface area contributed by atoms with Crippen LogP contribution in [0.2, 0.25) is 4.34 Å². The van der Waals surface area contributed by atoms with E-state index in [1.54, 1.807) is 0 Å². The summed E-state index contributed by atoms with van der Waals surface area (Å²) in [6.07, 6.45) is -4.64. The molecule has 194 valence electrons. The average Bonchev–Trinajstić information content (AvgIpc) is 3.25. The molecule has 3 N–H and O–H groups in total. The quantitative estimate of drug-likeness (QED) is 0.370. The van der Waals surface area contributed by atoms with E-state index in [9.17, 15) is 36.0 Å². The molecule has 3 aromatic rings. The van der Waals surface area contributed by atoms with Crippen LogP contribution in [0.25, 0.3) is 0 Å². The number of thiophene rings is 1. The maximum atomic E-state index is 13.0. The van der Waals surface area contributed by atoms with E-state index >= 15 is 0 Å². The lowest BCUT2D eigenvalue weighted by atomic mass is 9.97. The molecule has 2 heterocycles. The minimum absolute atomic E-state index is 0.128. The minimum atomic E-state index is -4.42. The van der Waals surface area contributed by atoms with Crippen molar-refractivity contribution >= 4 is 67.9 Å². The molecule has 1 aromatic heterocycles. The topological polar surface area (TPSA) is 125 Å². The predicted molar refractivity (Wildman–Crippen MR) is 132 cm³/mol. The van der Waals surface area contributed by atoms with Crippen LogP contribution < -0.4 is 20.3 Å². The van der Waals surface area contributed by atoms with Crippen molar-refractivity contribution in [3.63, 3.8) is 0 Å². The summed E-state index contributed by atoms with van der Waals surface area (Å²) < 4.78 is 63.7. The van der Waals surface area contributed by atoms with Gasteiger partial charge in [-0.1, -0.05) is 11.6 Å². The Morgan fingerprint density at radius 3 is 2.32 bits per heavy atom. The molecule has 15 heteroatoms. The molecular formula is C22H16ClF3N4O5S2. The van der Waals surface area contributed by atoms with Crippen LogP contribution in [-0.4, -0.2) is 39.0 Å². The summed E-state index contributed by atoms with van der Waals surface area (Å²) in [6, 6.07) is 11.1. The Hall–Kier alpha value is -3.62. The summed E-state index contributed by atoms with van der Waals surface area (Å²) in [4.78, 5) is 38.7. The fourth-order valence-electron chi connectivity index (χ4n) is 3.46. The van der Waals surface area contributed by atoms with E-state index in [1.807, 2.05) is 4.72 Å². The number of nitrogens with one attached hydrogen (secondary N) is 3. The van der Waals surface area contributed by atoms with Crippen LogP contribution in [-0.2, 0) is 21.2 Å². The summed E-state index contributed by atoms with van der Waals surface area (Å²) in [5.74, 6) is -1.25. The van der Waals surface area contributed by atoms with E-state index < -0.39 is 40.6 Å². The van der Waals surface area contributed by atoms with Crippen LogP contribution in [0.5, 0.6) is 0 Å². The number of urea groups is 1. The van der Waals surface area contributed by atoms with Crippen molar-refractivity contribution in [2.45, 2.75) is 16.8 Å². The highest BCUT2D eigenvalue weighted by Crippen LogP contribution is 2.29. The Morgan fingerprint density at radius 1 is 1.03 bits per heavy atom. The summed E-state index contributed by atoms with van der Waals surface area (Å²) in [6.45, 7) is -1.26. The Morgan fingerprint density at radius 2 is 1.70 bits per heavy atom. The highest BCUT2D eigenvalue weighted by Gasteiger charge is 2.33. The number of fused-ring (bicyclic) bond motifs is 1. The van der Waals surface area contributed by atoms with Crippen LogP contribution in [0.15, 0.2) is 58.8 Å². The zero-order valence-corrected chi connectivity index (χ0v) is 20.8. The number of imide groups is 1. The third-order valence-electron chi connectivity index (χ3n) is 5.05. The Labute approximate surface area is 217 Å². The van der Waals surface area contributed by atoms with Gasteiger partial charge in [-0.25, -0.2) is 22.8 Å². The number of nitrogens with zero attached hydrogens (tertiary/aromatic N) is 1. The number of amides is 4. The summed E-state index contributed by atoms with van der Waals surface area (Å²) >= 11 is 6.51. The van der Waals surface area contributed by atoms with Crippen molar-refractivity contribution in [2.75, 3.05) is 22.1 Å². The summed E-state index contributed by atoms with van der Waals surface area (Å²) in [7, 11) is -4.13. The largest absolute Gasteiger partial charge is 0.405 e. The molecule has 1 aliphatic heterocycles. The molecular weight excluding hydrogens is 557 g/mol. The van der Waals surface area contributed by atoms with Crippen molar-refractivity contribution < 1.29 is 36.0 Å². The smallest absolute Gasteiger partial charge is 0.376 e. The maximum Gasteiger partial charge on any atom is 0.405 e. The molecule has 0 atom stereocenters. The Balaban J connectivity index is 1.44. The first-order valence-electron chi connectivity index (χ1n) is 10.3. The number of benzene rings is 2. The average molecular weight is 573 g/mol. The monoisotopic (exact) mass is 572 g/mol. The van der Waals surface area contributed by atoms with Gasteiger partial charge in [-0.05, 0) is 60.2 Å². The van der Waals surface area contributed by atoms with Crippen molar-refractivity contribution in [1.82, 2.24) is 4.72 Å². The van der Waals surface area contributed by atoms with Gasteiger partial charge in [0.25, 0.3) is 15.9 Å². The molecule has 0 unspecified atom stereocenters. The highest BCUT2D eigenvalue weighted by atomic mass is 35.5. The molecule has 37 heavy (non-hydrogen) atoms. The second-order valence-electron chi connectivity index (χ2n) is 7.72. The molecule has 0 bridgehead atoms. The van der Waals surface area contributed by atoms with E-state index in [0.717, 1.165) is 16.2 Å². The fraction of sp³-hybridized carbons (Fsp3) is 0.136. The molecule has 9 nitrogen and oxygen atoms in total. The number of hydrogen-bond acceptors (Lipinski definition) is 7. The molecule has 0 saturated heterocycles. The predicted octanol–water partition coefficient (Wildman–Crippen LogP) is 4.62. The van der Waals surface area contributed by atoms with Gasteiger partial charge in [0.15, 0.2) is 0 Å². The van der Waals surface area contributed by atoms with Crippen LogP contribution in [0.3, 0.4) is 0 Å². The van der Waals surface area contributed by atoms with Gasteiger partial charge in [0.2, 0.25) is 5.91 Å². The second-order valence-corrected chi connectivity index (χ2v) is 11.3. The first-order chi connectivity index (χ1) is 17.3. The number of carbonyl (C=O) groups is 3. The van der Waals surface area contributed by atoms with Crippen molar-refractivity contribution in [3.8, 4) is 0 Å². The molecule has 0 saturated carbocycles. The van der Waals surface area contributed by atoms with E-state index in [-0.39, 0.29) is 37.6 Å². The van der Waals surface area contributed by atoms with Crippen molar-refractivity contribution in [1.29, 1.82) is 0 Å². The van der Waals surface area contributed by atoms with Gasteiger partial charge in [0, 0.05) is 16.9 Å². The third kappa shape index (κ3) is 6.21. The van der Waals surface area contributed by atoms with Crippen LogP contribution in [0.4, 0.5) is 35.0 Å². The number of carbonyl (C=O) groups excluding carboxylic acids is 3. The molecule has 2 aromatic carbocycles. The van der Waals surface area contributed by atoms with Crippen LogP contribution >= 0.6 is 22.9 Å². The molecule has 0 radical (unpaired) electrons. The summed E-state index contributed by atoms with van der Waals surface area (Å²) in [5.41, 5.74) is 0.951. The van der Waals surface area contributed by atoms with Gasteiger partial charge in [-0.2, -0.15) is 13.2 Å². The number of rotatable bonds is 6. The van der Waals surface area contributed by atoms with E-state index in [0.29, 0.717) is 5.56 Å². The first kappa shape index (κ1) is 26.4. The normalized spacial score (nSPS) is 13.8. The zero-order chi connectivity index (χ0) is 27.0. The molecule has 0 fully saturated rings. The fourth-order valence-corrected chi connectivity index (χ4v) is 5.85. The number of halogens is 4. The third-order valence-corrected chi connectivity index (χ3v) is 8.10. The van der Waals surface area contributed by atoms with Gasteiger partial charge in [-0.3, -0.25) is 9.59 Å². The zero-order valence-electron chi connectivity index (χ0n) is 18.4. The van der Waals surface area contributed by atoms with Crippen molar-refractivity contribution in [3.05, 3.63) is 70.1 Å². The number of anilines is 3. The van der Waals surface area contributed by atoms with Gasteiger partial charge >= 0.3 is 12.2 Å². The van der Waals surface area contributed by atoms with Crippen molar-refractivity contribution in [2.24, 2.45) is 0 Å². The SMILES string of the molecule is O=C(Nc1ccc(N2C(=O)Cc3cc(NCC(F)(F)F)ccc3C2=O)cc1)NS(=O)(=O)c1ccc(Cl)s1. The van der Waals surface area contributed by atoms with Gasteiger partial charge in [-0.15, -0.1) is 11.3 Å². The molecule has 1 aliphatic rings. The second kappa shape index (κ2) is 10.0. The Bertz CT molecular complexity index is 1490. The van der Waals surface area contributed by atoms with Crippen LogP contribution in [0, 0.1) is 0 Å². The number of alkyl halides is 3. The number of hydrogen-bond donors (Lipinski definition) is 3. The first-order valence-corrected chi connectivity index (χ1v) is 13.0. The lowest BCUT2D eigenvalue weighted by Gasteiger charge is -2.27. The van der Waals surface area contributed by atoms with E-state index in [1.165, 1.54) is 54.6 Å². The molecule has 4 amide bonds. The number of sulfonamides is 1. The van der Waals surface area contributed by atoms with Crippen LogP contribution in [0.1, 0.15) is 15.9 Å². The molecule has 0 spiro atoms. The van der Waals surface area contributed by atoms with E-state index in [2.05, 4.69) is 10.6 Å². The maximum absolute atomic E-state index is 13.0. The molecule has 0 aliphatic carbocycles. The van der Waals surface area contributed by atoms with Gasteiger partial charge in [0.05, 0.1) is 16.4 Å². The lowest BCUT2D eigenvalue weighted by Crippen LogP contribution is -2.42. The lowest BCUT2D eigenvalue weighted by molar-refractivity contribution is -0.117. The summed E-state index contributed by atoms with van der Waals surface area (Å²) in [5, 5.41) is 4.55. The standard InChI is InChI=1S/C22H16ClF3N4O5S2/c23-17-7-8-19(36-17)37(34,35)29-21(33)28-13-1-4-15(5-2-13)30-18(31)10-12-9-14(27-11-22(24,25)26)3-6-16(12)20(30)32/h1-9,27H,10-11H2,(H2,28,29,33). The van der Waals surface area contributed by atoms with Gasteiger partial charge < -0.3 is 10.6 Å². The van der Waals surface area contributed by atoms with Gasteiger partial charge in [0.1, 0.15) is 10.8 Å². The Kier molecular flexibility index (Phi) is 7.17. The highest BCUT2D eigenvalue weighted by molar-refractivity contribution is 7.92.